The average Bonchev–Trinajstić information content (AvgIpc) is 2.80. The zero-order valence-electron chi connectivity index (χ0n) is 12.2. The molecule has 0 aliphatic heterocycles. The van der Waals surface area contributed by atoms with Gasteiger partial charge in [0.25, 0.3) is 0 Å². The first-order chi connectivity index (χ1) is 9.23. The molecule has 0 bridgehead atoms. The minimum atomic E-state index is -0.280. The molecule has 0 heterocycles. The van der Waals surface area contributed by atoms with Gasteiger partial charge in [-0.3, -0.25) is 4.79 Å². The third-order valence-corrected chi connectivity index (χ3v) is 5.28. The first kappa shape index (κ1) is 14.6. The first-order valence-corrected chi connectivity index (χ1v) is 8.22. The predicted molar refractivity (Wildman–Crippen MR) is 79.7 cm³/mol. The van der Waals surface area contributed by atoms with E-state index in [1.807, 2.05) is 0 Å². The minimum absolute atomic E-state index is 0.274. The van der Waals surface area contributed by atoms with Gasteiger partial charge >= 0.3 is 0 Å². The molecule has 1 amide bonds. The number of hydrogen-bond acceptors (Lipinski definition) is 1. The van der Waals surface area contributed by atoms with E-state index in [1.54, 1.807) is 6.08 Å². The van der Waals surface area contributed by atoms with Gasteiger partial charge < -0.3 is 5.73 Å². The Morgan fingerprint density at radius 1 is 0.895 bits per heavy atom. The van der Waals surface area contributed by atoms with Gasteiger partial charge in [-0.15, -0.1) is 0 Å². The van der Waals surface area contributed by atoms with Crippen molar-refractivity contribution >= 4 is 5.91 Å². The summed E-state index contributed by atoms with van der Waals surface area (Å²) in [6.45, 7) is 0. The lowest BCUT2D eigenvalue weighted by atomic mass is 9.67. The summed E-state index contributed by atoms with van der Waals surface area (Å²) in [7, 11) is 0. The van der Waals surface area contributed by atoms with Crippen LogP contribution in [-0.4, -0.2) is 5.91 Å². The van der Waals surface area contributed by atoms with Gasteiger partial charge in [0, 0.05) is 0 Å². The molecule has 2 N–H and O–H groups in total. The maximum atomic E-state index is 11.2. The molecule has 2 fully saturated rings. The van der Waals surface area contributed by atoms with Gasteiger partial charge in [0.1, 0.15) is 0 Å². The summed E-state index contributed by atoms with van der Waals surface area (Å²) in [4.78, 5) is 11.2. The lowest BCUT2D eigenvalue weighted by molar-refractivity contribution is -0.113. The van der Waals surface area contributed by atoms with Gasteiger partial charge in [0.15, 0.2) is 0 Å². The van der Waals surface area contributed by atoms with E-state index in [1.165, 1.54) is 77.0 Å². The third-order valence-electron chi connectivity index (χ3n) is 5.28. The van der Waals surface area contributed by atoms with Crippen LogP contribution in [0.25, 0.3) is 0 Å². The van der Waals surface area contributed by atoms with E-state index in [2.05, 4.69) is 6.08 Å². The van der Waals surface area contributed by atoms with Crippen LogP contribution in [0.3, 0.4) is 0 Å². The maximum Gasteiger partial charge on any atom is 0.241 e. The van der Waals surface area contributed by atoms with Crippen molar-refractivity contribution in [1.29, 1.82) is 0 Å². The van der Waals surface area contributed by atoms with Gasteiger partial charge in [-0.1, -0.05) is 57.4 Å². The van der Waals surface area contributed by atoms with Crippen molar-refractivity contribution in [3.05, 3.63) is 12.2 Å². The van der Waals surface area contributed by atoms with Crippen LogP contribution in [0.4, 0.5) is 0 Å². The molecule has 19 heavy (non-hydrogen) atoms. The largest absolute Gasteiger partial charge is 0.366 e. The molecule has 0 aromatic carbocycles. The molecule has 2 aliphatic rings. The number of rotatable bonds is 3. The molecular weight excluding hydrogens is 234 g/mol. The summed E-state index contributed by atoms with van der Waals surface area (Å²) < 4.78 is 0. The number of primary amides is 1. The Balaban J connectivity index is 2.17. The number of nitrogens with two attached hydrogens (primary N) is 1. The molecule has 0 radical (unpaired) electrons. The Hall–Kier alpha value is -0.790. The third kappa shape index (κ3) is 4.09. The van der Waals surface area contributed by atoms with Crippen LogP contribution in [0.2, 0.25) is 0 Å². The Kier molecular flexibility index (Phi) is 5.47. The predicted octanol–water partition coefficient (Wildman–Crippen LogP) is 4.34. The second kappa shape index (κ2) is 7.12. The van der Waals surface area contributed by atoms with Gasteiger partial charge in [-0.25, -0.2) is 0 Å². The van der Waals surface area contributed by atoms with Crippen LogP contribution in [0.1, 0.15) is 77.0 Å². The average molecular weight is 263 g/mol. The molecule has 2 rings (SSSR count). The fourth-order valence-corrected chi connectivity index (χ4v) is 4.20. The Morgan fingerprint density at radius 2 is 1.42 bits per heavy atom. The monoisotopic (exact) mass is 263 g/mol. The van der Waals surface area contributed by atoms with Gasteiger partial charge in [-0.05, 0) is 43.1 Å². The SMILES string of the molecule is NC(=O)C=CC1(C2CCCCCC2)CCCCCC1. The van der Waals surface area contributed by atoms with E-state index in [4.69, 9.17) is 5.73 Å². The van der Waals surface area contributed by atoms with Crippen LogP contribution < -0.4 is 5.73 Å². The van der Waals surface area contributed by atoms with Crippen molar-refractivity contribution in [3.8, 4) is 0 Å². The van der Waals surface area contributed by atoms with Crippen molar-refractivity contribution in [3.63, 3.8) is 0 Å². The topological polar surface area (TPSA) is 43.1 Å². The standard InChI is InChI=1S/C17H29NO/c18-16(19)11-14-17(12-7-3-4-8-13-17)15-9-5-1-2-6-10-15/h11,14-15H,1-10,12-13H2,(H2,18,19). The van der Waals surface area contributed by atoms with Crippen molar-refractivity contribution in [1.82, 2.24) is 0 Å². The maximum absolute atomic E-state index is 11.2. The minimum Gasteiger partial charge on any atom is -0.366 e. The summed E-state index contributed by atoms with van der Waals surface area (Å²) >= 11 is 0. The fourth-order valence-electron chi connectivity index (χ4n) is 4.20. The fraction of sp³-hybridized carbons (Fsp3) is 0.824. The molecule has 2 heteroatoms. The zero-order valence-corrected chi connectivity index (χ0v) is 12.2. The summed E-state index contributed by atoms with van der Waals surface area (Å²) in [5.74, 6) is 0.501. The lowest BCUT2D eigenvalue weighted by Gasteiger charge is -2.38. The quantitative estimate of drug-likeness (QED) is 0.597. The molecule has 0 saturated heterocycles. The van der Waals surface area contributed by atoms with E-state index in [9.17, 15) is 4.79 Å². The highest BCUT2D eigenvalue weighted by Gasteiger charge is 2.36. The molecule has 0 atom stereocenters. The first-order valence-electron chi connectivity index (χ1n) is 8.22. The van der Waals surface area contributed by atoms with Crippen LogP contribution >= 0.6 is 0 Å². The van der Waals surface area contributed by atoms with Crippen molar-refractivity contribution in [2.45, 2.75) is 77.0 Å². The van der Waals surface area contributed by atoms with Crippen molar-refractivity contribution in [2.24, 2.45) is 17.1 Å². The second-order valence-corrected chi connectivity index (χ2v) is 6.57. The molecule has 108 valence electrons. The molecule has 0 aromatic heterocycles. The van der Waals surface area contributed by atoms with Gasteiger partial charge in [0.05, 0.1) is 0 Å². The van der Waals surface area contributed by atoms with Gasteiger partial charge in [0.2, 0.25) is 5.91 Å². The highest BCUT2D eigenvalue weighted by molar-refractivity contribution is 5.85. The summed E-state index contributed by atoms with van der Waals surface area (Å²) in [6, 6.07) is 0. The van der Waals surface area contributed by atoms with Crippen LogP contribution in [0, 0.1) is 11.3 Å². The molecule has 2 nitrogen and oxygen atoms in total. The molecule has 2 aliphatic carbocycles. The summed E-state index contributed by atoms with van der Waals surface area (Å²) in [6.07, 6.45) is 20.0. The number of amides is 1. The number of carbonyl (C=O) groups is 1. The van der Waals surface area contributed by atoms with Crippen LogP contribution in [-0.2, 0) is 4.79 Å². The van der Waals surface area contributed by atoms with Crippen molar-refractivity contribution < 1.29 is 4.79 Å². The highest BCUT2D eigenvalue weighted by Crippen LogP contribution is 2.47. The van der Waals surface area contributed by atoms with Crippen molar-refractivity contribution in [2.75, 3.05) is 0 Å². The van der Waals surface area contributed by atoms with E-state index in [0.29, 0.717) is 0 Å². The van der Waals surface area contributed by atoms with E-state index in [-0.39, 0.29) is 11.3 Å². The number of hydrogen-bond donors (Lipinski definition) is 1. The van der Waals surface area contributed by atoms with Crippen LogP contribution in [0.5, 0.6) is 0 Å². The van der Waals surface area contributed by atoms with E-state index >= 15 is 0 Å². The van der Waals surface area contributed by atoms with Gasteiger partial charge in [-0.2, -0.15) is 0 Å². The van der Waals surface area contributed by atoms with E-state index in [0.717, 1.165) is 5.92 Å². The molecule has 2 saturated carbocycles. The smallest absolute Gasteiger partial charge is 0.241 e. The lowest BCUT2D eigenvalue weighted by Crippen LogP contribution is -2.28. The molecule has 0 aromatic rings. The second-order valence-electron chi connectivity index (χ2n) is 6.57. The molecular formula is C17H29NO. The van der Waals surface area contributed by atoms with E-state index < -0.39 is 0 Å². The normalized spacial score (nSPS) is 25.9. The Bertz CT molecular complexity index is 305. The number of allylic oxidation sites excluding steroid dienone is 1. The Morgan fingerprint density at radius 3 is 1.95 bits per heavy atom. The number of carbonyl (C=O) groups excluding carboxylic acids is 1. The molecule has 0 spiro atoms. The van der Waals surface area contributed by atoms with Crippen LogP contribution in [0.15, 0.2) is 12.2 Å². The summed E-state index contributed by atoms with van der Waals surface area (Å²) in [5, 5.41) is 0. The zero-order chi connectivity index (χ0) is 13.6. The Labute approximate surface area is 117 Å². The highest BCUT2D eigenvalue weighted by atomic mass is 16.1. The summed E-state index contributed by atoms with van der Waals surface area (Å²) in [5.41, 5.74) is 5.62. The molecule has 0 unspecified atom stereocenters.